The van der Waals surface area contributed by atoms with Crippen LogP contribution in [0.15, 0.2) is 36.4 Å². The molecular formula is C19H17FN2O4S. The first-order valence-corrected chi connectivity index (χ1v) is 8.80. The number of benzene rings is 2. The predicted octanol–water partition coefficient (Wildman–Crippen LogP) is 3.47. The number of ether oxygens (including phenoxy) is 2. The summed E-state index contributed by atoms with van der Waals surface area (Å²) < 4.78 is 25.2. The first kappa shape index (κ1) is 18.7. The summed E-state index contributed by atoms with van der Waals surface area (Å²) in [6.07, 6.45) is 0. The van der Waals surface area contributed by atoms with Gasteiger partial charge in [-0.05, 0) is 36.8 Å². The van der Waals surface area contributed by atoms with Crippen LogP contribution < -0.4 is 20.5 Å². The third-order valence-corrected chi connectivity index (χ3v) is 5.16. The second-order valence-electron chi connectivity index (χ2n) is 5.74. The van der Waals surface area contributed by atoms with Gasteiger partial charge in [0.1, 0.15) is 5.82 Å². The van der Waals surface area contributed by atoms with Gasteiger partial charge in [0, 0.05) is 21.8 Å². The molecule has 0 spiro atoms. The number of rotatable bonds is 6. The van der Waals surface area contributed by atoms with Gasteiger partial charge in [-0.3, -0.25) is 9.59 Å². The summed E-state index contributed by atoms with van der Waals surface area (Å²) >= 11 is 1.22. The fraction of sp³-hybridized carbons (Fsp3) is 0.158. The molecule has 3 N–H and O–H groups in total. The highest BCUT2D eigenvalue weighted by atomic mass is 32.1. The zero-order chi connectivity index (χ0) is 19.6. The van der Waals surface area contributed by atoms with Crippen molar-refractivity contribution in [2.24, 2.45) is 5.73 Å². The van der Waals surface area contributed by atoms with Gasteiger partial charge in [-0.15, -0.1) is 11.3 Å². The largest absolute Gasteiger partial charge is 0.493 e. The lowest BCUT2D eigenvalue weighted by molar-refractivity contribution is -0.119. The molecule has 3 rings (SSSR count). The summed E-state index contributed by atoms with van der Waals surface area (Å²) in [5.74, 6) is -0.678. The minimum atomic E-state index is -0.630. The first-order valence-electron chi connectivity index (χ1n) is 7.98. The molecule has 0 saturated carbocycles. The van der Waals surface area contributed by atoms with E-state index in [1.807, 2.05) is 0 Å². The van der Waals surface area contributed by atoms with Gasteiger partial charge in [-0.1, -0.05) is 6.07 Å². The first-order chi connectivity index (χ1) is 12.9. The number of carbonyl (C=O) groups excluding carboxylic acids is 2. The van der Waals surface area contributed by atoms with E-state index in [1.54, 1.807) is 31.2 Å². The molecule has 0 aliphatic carbocycles. The molecule has 1 heterocycles. The number of hydrogen-bond acceptors (Lipinski definition) is 5. The monoisotopic (exact) mass is 388 g/mol. The van der Waals surface area contributed by atoms with Gasteiger partial charge in [0.2, 0.25) is 0 Å². The van der Waals surface area contributed by atoms with Crippen LogP contribution in [-0.4, -0.2) is 25.5 Å². The number of nitrogens with one attached hydrogen (secondary N) is 1. The number of fused-ring (bicyclic) bond motifs is 1. The zero-order valence-electron chi connectivity index (χ0n) is 14.7. The van der Waals surface area contributed by atoms with Gasteiger partial charge in [0.25, 0.3) is 11.8 Å². The number of aryl methyl sites for hydroxylation is 1. The van der Waals surface area contributed by atoms with Crippen molar-refractivity contribution in [2.45, 2.75) is 6.92 Å². The number of carbonyl (C=O) groups is 2. The maximum atomic E-state index is 14.0. The molecule has 0 unspecified atom stereocenters. The molecule has 0 saturated heterocycles. The number of nitrogens with two attached hydrogens (primary N) is 1. The van der Waals surface area contributed by atoms with Crippen LogP contribution in [0.4, 0.5) is 10.1 Å². The normalized spacial score (nSPS) is 10.6. The lowest BCUT2D eigenvalue weighted by Gasteiger charge is -2.12. The summed E-state index contributed by atoms with van der Waals surface area (Å²) in [5, 5.41) is 3.21. The van der Waals surface area contributed by atoms with Gasteiger partial charge >= 0.3 is 0 Å². The summed E-state index contributed by atoms with van der Waals surface area (Å²) in [5.41, 5.74) is 6.12. The molecule has 140 valence electrons. The minimum absolute atomic E-state index is 0.271. The fourth-order valence-corrected chi connectivity index (χ4v) is 3.79. The molecule has 2 aromatic carbocycles. The van der Waals surface area contributed by atoms with Crippen LogP contribution in [0.1, 0.15) is 15.2 Å². The van der Waals surface area contributed by atoms with Gasteiger partial charge in [-0.2, -0.15) is 0 Å². The molecule has 0 radical (unpaired) electrons. The maximum Gasteiger partial charge on any atom is 0.266 e. The average Bonchev–Trinajstić information content (AvgIpc) is 2.98. The highest BCUT2D eigenvalue weighted by Crippen LogP contribution is 2.34. The molecule has 27 heavy (non-hydrogen) atoms. The molecule has 0 bridgehead atoms. The molecule has 0 aliphatic rings. The molecule has 8 heteroatoms. The van der Waals surface area contributed by atoms with Crippen LogP contribution in [-0.2, 0) is 4.79 Å². The Morgan fingerprint density at radius 1 is 1.22 bits per heavy atom. The van der Waals surface area contributed by atoms with E-state index in [0.29, 0.717) is 32.0 Å². The number of amides is 2. The Balaban J connectivity index is 1.88. The van der Waals surface area contributed by atoms with Gasteiger partial charge in [-0.25, -0.2) is 4.39 Å². The molecule has 0 atom stereocenters. The Labute approximate surface area is 158 Å². The molecule has 6 nitrogen and oxygen atoms in total. The van der Waals surface area contributed by atoms with E-state index in [4.69, 9.17) is 15.2 Å². The summed E-state index contributed by atoms with van der Waals surface area (Å²) in [4.78, 5) is 24.0. The minimum Gasteiger partial charge on any atom is -0.493 e. The number of halogens is 1. The molecule has 1 aromatic heterocycles. The van der Waals surface area contributed by atoms with E-state index in [1.165, 1.54) is 30.6 Å². The standard InChI is InChI=1S/C19H17FN2O4S/c1-10-17-12(20)4-3-5-15(17)27-18(10)19(24)22-11-6-7-13(25-2)14(8-11)26-9-16(21)23/h3-8H,9H2,1-2H3,(H2,21,23)(H,22,24). The average molecular weight is 388 g/mol. The van der Waals surface area contributed by atoms with E-state index in [0.717, 1.165) is 0 Å². The maximum absolute atomic E-state index is 14.0. The van der Waals surface area contributed by atoms with Crippen LogP contribution in [0.2, 0.25) is 0 Å². The van der Waals surface area contributed by atoms with Gasteiger partial charge in [0.15, 0.2) is 18.1 Å². The fourth-order valence-electron chi connectivity index (χ4n) is 2.67. The number of primary amides is 1. The van der Waals surface area contributed by atoms with Crippen LogP contribution >= 0.6 is 11.3 Å². The van der Waals surface area contributed by atoms with E-state index < -0.39 is 5.91 Å². The molecular weight excluding hydrogens is 371 g/mol. The Hall–Kier alpha value is -3.13. The summed E-state index contributed by atoms with van der Waals surface area (Å²) in [6.45, 7) is 1.40. The Morgan fingerprint density at radius 3 is 2.67 bits per heavy atom. The second-order valence-corrected chi connectivity index (χ2v) is 6.80. The predicted molar refractivity (Wildman–Crippen MR) is 102 cm³/mol. The number of anilines is 1. The second kappa shape index (κ2) is 7.63. The Kier molecular flexibility index (Phi) is 5.27. The lowest BCUT2D eigenvalue weighted by Crippen LogP contribution is -2.20. The van der Waals surface area contributed by atoms with Crippen LogP contribution in [0, 0.1) is 12.7 Å². The van der Waals surface area contributed by atoms with Crippen LogP contribution in [0.25, 0.3) is 10.1 Å². The van der Waals surface area contributed by atoms with Crippen molar-refractivity contribution in [2.75, 3.05) is 19.0 Å². The third-order valence-electron chi connectivity index (χ3n) is 3.90. The van der Waals surface area contributed by atoms with Crippen molar-refractivity contribution in [3.8, 4) is 11.5 Å². The van der Waals surface area contributed by atoms with E-state index in [9.17, 15) is 14.0 Å². The Morgan fingerprint density at radius 2 is 2.00 bits per heavy atom. The van der Waals surface area contributed by atoms with Crippen molar-refractivity contribution >= 4 is 38.9 Å². The number of thiophene rings is 1. The summed E-state index contributed by atoms with van der Waals surface area (Å²) in [6, 6.07) is 9.52. The van der Waals surface area contributed by atoms with Gasteiger partial charge < -0.3 is 20.5 Å². The van der Waals surface area contributed by atoms with Crippen LogP contribution in [0.5, 0.6) is 11.5 Å². The van der Waals surface area contributed by atoms with E-state index >= 15 is 0 Å². The quantitative estimate of drug-likeness (QED) is 0.676. The topological polar surface area (TPSA) is 90.7 Å². The van der Waals surface area contributed by atoms with Crippen molar-refractivity contribution in [1.29, 1.82) is 0 Å². The van der Waals surface area contributed by atoms with Gasteiger partial charge in [0.05, 0.1) is 12.0 Å². The van der Waals surface area contributed by atoms with Crippen molar-refractivity contribution in [3.63, 3.8) is 0 Å². The van der Waals surface area contributed by atoms with Crippen molar-refractivity contribution in [1.82, 2.24) is 0 Å². The third kappa shape index (κ3) is 3.85. The lowest BCUT2D eigenvalue weighted by atomic mass is 10.1. The van der Waals surface area contributed by atoms with E-state index in [2.05, 4.69) is 5.32 Å². The Bertz CT molecular complexity index is 1030. The van der Waals surface area contributed by atoms with Crippen molar-refractivity contribution < 1.29 is 23.5 Å². The highest BCUT2D eigenvalue weighted by Gasteiger charge is 2.18. The SMILES string of the molecule is COc1ccc(NC(=O)c2sc3cccc(F)c3c2C)cc1OCC(N)=O. The molecule has 3 aromatic rings. The van der Waals surface area contributed by atoms with E-state index in [-0.39, 0.29) is 24.1 Å². The molecule has 0 aliphatic heterocycles. The number of methoxy groups -OCH3 is 1. The number of hydrogen-bond donors (Lipinski definition) is 2. The highest BCUT2D eigenvalue weighted by molar-refractivity contribution is 7.21. The molecule has 2 amide bonds. The zero-order valence-corrected chi connectivity index (χ0v) is 15.5. The van der Waals surface area contributed by atoms with Crippen molar-refractivity contribution in [3.05, 3.63) is 52.7 Å². The smallest absolute Gasteiger partial charge is 0.266 e. The van der Waals surface area contributed by atoms with Crippen LogP contribution in [0.3, 0.4) is 0 Å². The molecule has 0 fully saturated rings. The summed E-state index contributed by atoms with van der Waals surface area (Å²) in [7, 11) is 1.46.